The van der Waals surface area contributed by atoms with Gasteiger partial charge in [-0.15, -0.1) is 0 Å². The van der Waals surface area contributed by atoms with Crippen molar-refractivity contribution in [3.8, 4) is 0 Å². The molecule has 0 aromatic heterocycles. The van der Waals surface area contributed by atoms with Crippen molar-refractivity contribution in [3.05, 3.63) is 30.3 Å². The summed E-state index contributed by atoms with van der Waals surface area (Å²) < 4.78 is 0. The Morgan fingerprint density at radius 3 is 2.50 bits per heavy atom. The second kappa shape index (κ2) is 7.26. The molecule has 5 heteroatoms. The van der Waals surface area contributed by atoms with Gasteiger partial charge in [-0.3, -0.25) is 9.69 Å². The van der Waals surface area contributed by atoms with E-state index in [1.54, 1.807) is 0 Å². The molecule has 1 fully saturated rings. The molecule has 1 unspecified atom stereocenters. The molecule has 3 N–H and O–H groups in total. The van der Waals surface area contributed by atoms with Gasteiger partial charge in [0.05, 0.1) is 6.54 Å². The quantitative estimate of drug-likeness (QED) is 0.810. The van der Waals surface area contributed by atoms with Crippen molar-refractivity contribution in [3.63, 3.8) is 0 Å². The van der Waals surface area contributed by atoms with Crippen molar-refractivity contribution >= 4 is 11.6 Å². The van der Waals surface area contributed by atoms with Crippen LogP contribution < -0.4 is 16.0 Å². The highest BCUT2D eigenvalue weighted by molar-refractivity contribution is 5.78. The fraction of sp³-hybridized carbons (Fsp3) is 0.533. The Bertz CT molecular complexity index is 415. The Morgan fingerprint density at radius 1 is 1.25 bits per heavy atom. The molecular weight excluding hydrogens is 252 g/mol. The van der Waals surface area contributed by atoms with Crippen molar-refractivity contribution in [2.75, 3.05) is 44.2 Å². The van der Waals surface area contributed by atoms with Gasteiger partial charge >= 0.3 is 0 Å². The van der Waals surface area contributed by atoms with Crippen molar-refractivity contribution in [2.45, 2.75) is 13.0 Å². The number of nitrogens with zero attached hydrogens (tertiary/aromatic N) is 2. The lowest BCUT2D eigenvalue weighted by Crippen LogP contribution is -2.51. The van der Waals surface area contributed by atoms with Gasteiger partial charge in [-0.2, -0.15) is 0 Å². The highest BCUT2D eigenvalue weighted by Crippen LogP contribution is 2.15. The van der Waals surface area contributed by atoms with Gasteiger partial charge in [0, 0.05) is 44.5 Å². The number of nitrogens with one attached hydrogen (secondary N) is 1. The van der Waals surface area contributed by atoms with E-state index in [4.69, 9.17) is 5.73 Å². The van der Waals surface area contributed by atoms with Crippen molar-refractivity contribution in [1.29, 1.82) is 0 Å². The number of nitrogens with two attached hydrogens (primary N) is 1. The summed E-state index contributed by atoms with van der Waals surface area (Å²) in [5, 5.41) is 2.90. The normalized spacial score (nSPS) is 17.8. The Kier molecular flexibility index (Phi) is 5.38. The largest absolute Gasteiger partial charge is 0.369 e. The van der Waals surface area contributed by atoms with Crippen LogP contribution in [0.3, 0.4) is 0 Å². The van der Waals surface area contributed by atoms with Gasteiger partial charge in [-0.25, -0.2) is 0 Å². The number of piperazine rings is 1. The summed E-state index contributed by atoms with van der Waals surface area (Å²) in [5.74, 6) is -0.0829. The number of hydrogen-bond acceptors (Lipinski definition) is 4. The lowest BCUT2D eigenvalue weighted by molar-refractivity contribution is -0.120. The molecule has 0 aliphatic carbocycles. The molecule has 1 aromatic rings. The van der Waals surface area contributed by atoms with Crippen LogP contribution in [0.15, 0.2) is 30.3 Å². The predicted molar refractivity (Wildman–Crippen MR) is 81.8 cm³/mol. The van der Waals surface area contributed by atoms with Crippen molar-refractivity contribution in [1.82, 2.24) is 10.2 Å². The van der Waals surface area contributed by atoms with E-state index in [9.17, 15) is 4.79 Å². The average Bonchev–Trinajstić information content (AvgIpc) is 2.48. The second-order valence-corrected chi connectivity index (χ2v) is 5.30. The van der Waals surface area contributed by atoms with E-state index in [0.717, 1.165) is 32.7 Å². The number of anilines is 1. The number of carbonyl (C=O) groups excluding carboxylic acids is 1. The summed E-state index contributed by atoms with van der Waals surface area (Å²) in [4.78, 5) is 16.0. The summed E-state index contributed by atoms with van der Waals surface area (Å²) in [6.07, 6.45) is 0. The smallest absolute Gasteiger partial charge is 0.233 e. The zero-order valence-electron chi connectivity index (χ0n) is 12.1. The molecule has 0 saturated carbocycles. The van der Waals surface area contributed by atoms with Crippen molar-refractivity contribution < 1.29 is 4.79 Å². The summed E-state index contributed by atoms with van der Waals surface area (Å²) in [5.41, 5.74) is 6.59. The van der Waals surface area contributed by atoms with Gasteiger partial charge in [-0.1, -0.05) is 18.2 Å². The van der Waals surface area contributed by atoms with Crippen LogP contribution in [0, 0.1) is 0 Å². The van der Waals surface area contributed by atoms with Gasteiger partial charge in [0.15, 0.2) is 0 Å². The average molecular weight is 276 g/mol. The third kappa shape index (κ3) is 4.21. The summed E-state index contributed by atoms with van der Waals surface area (Å²) in [7, 11) is 0. The number of carbonyl (C=O) groups is 1. The fourth-order valence-electron chi connectivity index (χ4n) is 2.59. The molecule has 1 aromatic carbocycles. The molecule has 1 atom stereocenters. The Balaban J connectivity index is 1.75. The maximum Gasteiger partial charge on any atom is 0.233 e. The summed E-state index contributed by atoms with van der Waals surface area (Å²) in [6.45, 7) is 7.08. The second-order valence-electron chi connectivity index (χ2n) is 5.30. The zero-order valence-corrected chi connectivity index (χ0v) is 12.1. The molecule has 1 aliphatic heterocycles. The minimum atomic E-state index is -0.0829. The van der Waals surface area contributed by atoms with E-state index in [0.29, 0.717) is 0 Å². The van der Waals surface area contributed by atoms with E-state index in [1.807, 2.05) is 13.0 Å². The number of hydrogen-bond donors (Lipinski definition) is 2. The van der Waals surface area contributed by atoms with Crippen LogP contribution in [-0.2, 0) is 4.79 Å². The van der Waals surface area contributed by atoms with Crippen LogP contribution in [0.5, 0.6) is 0 Å². The van der Waals surface area contributed by atoms with E-state index < -0.39 is 0 Å². The topological polar surface area (TPSA) is 61.6 Å². The van der Waals surface area contributed by atoms with Gasteiger partial charge in [-0.05, 0) is 19.1 Å². The van der Waals surface area contributed by atoms with E-state index in [-0.39, 0.29) is 18.5 Å². The molecule has 2 rings (SSSR count). The highest BCUT2D eigenvalue weighted by atomic mass is 16.1. The SMILES string of the molecule is CC(CN1CCN(c2ccccc2)CC1)NC(=O)CN. The first-order chi connectivity index (χ1) is 9.69. The van der Waals surface area contributed by atoms with Crippen molar-refractivity contribution in [2.24, 2.45) is 5.73 Å². The van der Waals surface area contributed by atoms with Gasteiger partial charge in [0.25, 0.3) is 0 Å². The molecule has 0 spiro atoms. The molecule has 0 bridgehead atoms. The monoisotopic (exact) mass is 276 g/mol. The van der Waals surface area contributed by atoms with Crippen LogP contribution in [0.1, 0.15) is 6.92 Å². The molecular formula is C15H24N4O. The van der Waals surface area contributed by atoms with Crippen LogP contribution in [0.4, 0.5) is 5.69 Å². The zero-order chi connectivity index (χ0) is 14.4. The molecule has 5 nitrogen and oxygen atoms in total. The predicted octanol–water partition coefficient (Wildman–Crippen LogP) is 0.272. The third-order valence-corrected chi connectivity index (χ3v) is 3.62. The van der Waals surface area contributed by atoms with Crippen LogP contribution >= 0.6 is 0 Å². The molecule has 1 amide bonds. The lowest BCUT2D eigenvalue weighted by atomic mass is 10.2. The Hall–Kier alpha value is -1.59. The minimum Gasteiger partial charge on any atom is -0.369 e. The van der Waals surface area contributed by atoms with E-state index in [2.05, 4.69) is 39.4 Å². The van der Waals surface area contributed by atoms with Crippen LogP contribution in [-0.4, -0.2) is 56.1 Å². The first-order valence-electron chi connectivity index (χ1n) is 7.21. The fourth-order valence-corrected chi connectivity index (χ4v) is 2.59. The minimum absolute atomic E-state index is 0.0616. The maximum atomic E-state index is 11.2. The van der Waals surface area contributed by atoms with Crippen LogP contribution in [0.2, 0.25) is 0 Å². The molecule has 110 valence electrons. The first kappa shape index (κ1) is 14.8. The Labute approximate surface area is 120 Å². The number of rotatable bonds is 5. The van der Waals surface area contributed by atoms with E-state index in [1.165, 1.54) is 5.69 Å². The van der Waals surface area contributed by atoms with Crippen LogP contribution in [0.25, 0.3) is 0 Å². The number of benzene rings is 1. The molecule has 1 saturated heterocycles. The van der Waals surface area contributed by atoms with Gasteiger partial charge < -0.3 is 16.0 Å². The third-order valence-electron chi connectivity index (χ3n) is 3.62. The standard InChI is InChI=1S/C15H24N4O/c1-13(17-15(20)11-16)12-18-7-9-19(10-8-18)14-5-3-2-4-6-14/h2-6,13H,7-12,16H2,1H3,(H,17,20). The van der Waals surface area contributed by atoms with E-state index >= 15 is 0 Å². The lowest BCUT2D eigenvalue weighted by Gasteiger charge is -2.37. The number of amides is 1. The molecule has 0 radical (unpaired) electrons. The summed E-state index contributed by atoms with van der Waals surface area (Å²) >= 11 is 0. The number of para-hydroxylation sites is 1. The van der Waals surface area contributed by atoms with Gasteiger partial charge in [0.2, 0.25) is 5.91 Å². The Morgan fingerprint density at radius 2 is 1.90 bits per heavy atom. The maximum absolute atomic E-state index is 11.2. The molecule has 1 aliphatic rings. The highest BCUT2D eigenvalue weighted by Gasteiger charge is 2.19. The summed E-state index contributed by atoms with van der Waals surface area (Å²) in [6, 6.07) is 10.6. The van der Waals surface area contributed by atoms with Gasteiger partial charge in [0.1, 0.15) is 0 Å². The molecule has 20 heavy (non-hydrogen) atoms. The molecule has 1 heterocycles. The first-order valence-corrected chi connectivity index (χ1v) is 7.21.